The molecule has 0 amide bonds. The van der Waals surface area contributed by atoms with Gasteiger partial charge in [0.05, 0.1) is 6.10 Å². The molecule has 1 aromatic rings. The number of nitrogens with zero attached hydrogens (tertiary/aromatic N) is 1. The van der Waals surface area contributed by atoms with Crippen molar-refractivity contribution in [3.8, 4) is 5.75 Å². The van der Waals surface area contributed by atoms with Crippen molar-refractivity contribution in [3.63, 3.8) is 0 Å². The summed E-state index contributed by atoms with van der Waals surface area (Å²) in [6.07, 6.45) is 2.90. The van der Waals surface area contributed by atoms with Gasteiger partial charge in [0, 0.05) is 13.1 Å². The summed E-state index contributed by atoms with van der Waals surface area (Å²) >= 11 is 0. The van der Waals surface area contributed by atoms with Gasteiger partial charge in [0.25, 0.3) is 0 Å². The fraction of sp³-hybridized carbons (Fsp3) is 0.647. The Hall–Kier alpha value is -0.770. The Kier molecular flexibility index (Phi) is 8.09. The van der Waals surface area contributed by atoms with Crippen molar-refractivity contribution in [2.24, 2.45) is 5.92 Å². The highest BCUT2D eigenvalue weighted by Gasteiger charge is 2.15. The molecule has 4 heteroatoms. The van der Waals surface area contributed by atoms with Gasteiger partial charge in [0.15, 0.2) is 0 Å². The van der Waals surface area contributed by atoms with Crippen LogP contribution in [0.3, 0.4) is 0 Å². The zero-order valence-electron chi connectivity index (χ0n) is 13.5. The third-order valence-electron chi connectivity index (χ3n) is 3.69. The van der Waals surface area contributed by atoms with Crippen LogP contribution >= 0.6 is 12.4 Å². The average molecular weight is 313 g/mol. The number of benzene rings is 1. The number of halogens is 1. The van der Waals surface area contributed by atoms with Crippen molar-refractivity contribution in [1.82, 2.24) is 10.2 Å². The molecule has 1 atom stereocenters. The van der Waals surface area contributed by atoms with E-state index in [9.17, 15) is 0 Å². The summed E-state index contributed by atoms with van der Waals surface area (Å²) < 4.78 is 5.76. The Labute approximate surface area is 135 Å². The Morgan fingerprint density at radius 3 is 2.86 bits per heavy atom. The summed E-state index contributed by atoms with van der Waals surface area (Å²) in [6, 6.07) is 8.47. The molecular formula is C17H29ClN2O. The molecule has 2 rings (SSSR count). The first-order valence-corrected chi connectivity index (χ1v) is 7.78. The molecule has 1 heterocycles. The Bertz CT molecular complexity index is 406. The fourth-order valence-electron chi connectivity index (χ4n) is 2.89. The number of rotatable bonds is 6. The van der Waals surface area contributed by atoms with E-state index >= 15 is 0 Å². The van der Waals surface area contributed by atoms with Crippen LogP contribution in [-0.2, 0) is 6.54 Å². The largest absolute Gasteiger partial charge is 0.491 e. The molecule has 0 saturated carbocycles. The predicted octanol–water partition coefficient (Wildman–Crippen LogP) is 3.33. The Morgan fingerprint density at radius 2 is 2.19 bits per heavy atom. The SMILES string of the molecule is CC(C)Oc1cccc(CN(C)CC2CCCNC2)c1.Cl. The van der Waals surface area contributed by atoms with E-state index in [-0.39, 0.29) is 18.5 Å². The first-order chi connectivity index (χ1) is 9.63. The second-order valence-electron chi connectivity index (χ2n) is 6.22. The zero-order chi connectivity index (χ0) is 14.4. The van der Waals surface area contributed by atoms with Gasteiger partial charge in [0.1, 0.15) is 5.75 Å². The van der Waals surface area contributed by atoms with Crippen molar-refractivity contribution in [1.29, 1.82) is 0 Å². The molecule has 1 fully saturated rings. The molecule has 0 radical (unpaired) electrons. The van der Waals surface area contributed by atoms with Gasteiger partial charge in [-0.3, -0.25) is 0 Å². The normalized spacial score (nSPS) is 18.6. The van der Waals surface area contributed by atoms with Crippen molar-refractivity contribution < 1.29 is 4.74 Å². The molecule has 0 aliphatic carbocycles. The van der Waals surface area contributed by atoms with E-state index < -0.39 is 0 Å². The third kappa shape index (κ3) is 6.68. The average Bonchev–Trinajstić information content (AvgIpc) is 2.39. The molecule has 0 spiro atoms. The van der Waals surface area contributed by atoms with Gasteiger partial charge >= 0.3 is 0 Å². The van der Waals surface area contributed by atoms with Crippen LogP contribution in [0.15, 0.2) is 24.3 Å². The number of ether oxygens (including phenoxy) is 1. The Balaban J connectivity index is 0.00000220. The Morgan fingerprint density at radius 1 is 1.38 bits per heavy atom. The number of hydrogen-bond acceptors (Lipinski definition) is 3. The highest BCUT2D eigenvalue weighted by atomic mass is 35.5. The molecule has 0 aromatic heterocycles. The van der Waals surface area contributed by atoms with Gasteiger partial charge in [0.2, 0.25) is 0 Å². The van der Waals surface area contributed by atoms with E-state index in [1.54, 1.807) is 0 Å². The lowest BCUT2D eigenvalue weighted by molar-refractivity contribution is 0.233. The van der Waals surface area contributed by atoms with Crippen molar-refractivity contribution in [2.75, 3.05) is 26.7 Å². The second kappa shape index (κ2) is 9.29. The summed E-state index contributed by atoms with van der Waals surface area (Å²) in [5.41, 5.74) is 1.33. The van der Waals surface area contributed by atoms with E-state index in [1.165, 1.54) is 38.0 Å². The molecule has 1 unspecified atom stereocenters. The molecule has 1 aromatic carbocycles. The monoisotopic (exact) mass is 312 g/mol. The van der Waals surface area contributed by atoms with Gasteiger partial charge < -0.3 is 15.0 Å². The maximum Gasteiger partial charge on any atom is 0.120 e. The van der Waals surface area contributed by atoms with E-state index in [4.69, 9.17) is 4.74 Å². The van der Waals surface area contributed by atoms with Crippen LogP contribution in [0.4, 0.5) is 0 Å². The lowest BCUT2D eigenvalue weighted by Crippen LogP contribution is -2.36. The summed E-state index contributed by atoms with van der Waals surface area (Å²) in [6.45, 7) is 8.65. The molecule has 120 valence electrons. The van der Waals surface area contributed by atoms with Crippen molar-refractivity contribution >= 4 is 12.4 Å². The molecular weight excluding hydrogens is 284 g/mol. The topological polar surface area (TPSA) is 24.5 Å². The summed E-state index contributed by atoms with van der Waals surface area (Å²) in [5.74, 6) is 1.77. The highest BCUT2D eigenvalue weighted by molar-refractivity contribution is 5.85. The highest BCUT2D eigenvalue weighted by Crippen LogP contribution is 2.17. The van der Waals surface area contributed by atoms with Crippen molar-refractivity contribution in [3.05, 3.63) is 29.8 Å². The van der Waals surface area contributed by atoms with Crippen LogP contribution in [-0.4, -0.2) is 37.7 Å². The van der Waals surface area contributed by atoms with Crippen LogP contribution in [0.25, 0.3) is 0 Å². The lowest BCUT2D eigenvalue weighted by atomic mass is 9.99. The van der Waals surface area contributed by atoms with Gasteiger partial charge in [-0.25, -0.2) is 0 Å². The minimum atomic E-state index is 0. The second-order valence-corrected chi connectivity index (χ2v) is 6.22. The first kappa shape index (κ1) is 18.3. The van der Waals surface area contributed by atoms with Gasteiger partial charge in [-0.05, 0) is 70.4 Å². The molecule has 21 heavy (non-hydrogen) atoms. The van der Waals surface area contributed by atoms with Crippen LogP contribution in [0.5, 0.6) is 5.75 Å². The molecule has 1 saturated heterocycles. The molecule has 1 aliphatic rings. The van der Waals surface area contributed by atoms with Crippen LogP contribution in [0.1, 0.15) is 32.3 Å². The van der Waals surface area contributed by atoms with Crippen molar-refractivity contribution in [2.45, 2.75) is 39.3 Å². The quantitative estimate of drug-likeness (QED) is 0.872. The number of piperidine rings is 1. The van der Waals surface area contributed by atoms with Gasteiger partial charge in [-0.15, -0.1) is 12.4 Å². The standard InChI is InChI=1S/C17H28N2O.ClH/c1-14(2)20-17-8-4-6-15(10-17)12-19(3)13-16-7-5-9-18-11-16;/h4,6,8,10,14,16,18H,5,7,9,11-13H2,1-3H3;1H. The molecule has 1 aliphatic heterocycles. The van der Waals surface area contributed by atoms with Crippen LogP contribution in [0.2, 0.25) is 0 Å². The van der Waals surface area contributed by atoms with E-state index in [0.717, 1.165) is 18.2 Å². The zero-order valence-corrected chi connectivity index (χ0v) is 14.3. The van der Waals surface area contributed by atoms with Gasteiger partial charge in [-0.1, -0.05) is 12.1 Å². The molecule has 3 nitrogen and oxygen atoms in total. The predicted molar refractivity (Wildman–Crippen MR) is 91.4 cm³/mol. The maximum absolute atomic E-state index is 5.76. The lowest BCUT2D eigenvalue weighted by Gasteiger charge is -2.27. The minimum Gasteiger partial charge on any atom is -0.491 e. The van der Waals surface area contributed by atoms with E-state index in [2.05, 4.69) is 49.3 Å². The summed E-state index contributed by atoms with van der Waals surface area (Å²) in [5, 5.41) is 3.49. The summed E-state index contributed by atoms with van der Waals surface area (Å²) in [7, 11) is 2.21. The third-order valence-corrected chi connectivity index (χ3v) is 3.69. The van der Waals surface area contributed by atoms with E-state index in [1.807, 2.05) is 6.07 Å². The van der Waals surface area contributed by atoms with Crippen LogP contribution < -0.4 is 10.1 Å². The first-order valence-electron chi connectivity index (χ1n) is 7.78. The molecule has 1 N–H and O–H groups in total. The van der Waals surface area contributed by atoms with Crippen LogP contribution in [0, 0.1) is 5.92 Å². The van der Waals surface area contributed by atoms with Gasteiger partial charge in [-0.2, -0.15) is 0 Å². The fourth-order valence-corrected chi connectivity index (χ4v) is 2.89. The van der Waals surface area contributed by atoms with E-state index in [0.29, 0.717) is 0 Å². The molecule has 0 bridgehead atoms. The summed E-state index contributed by atoms with van der Waals surface area (Å²) in [4.78, 5) is 2.42. The number of hydrogen-bond donors (Lipinski definition) is 1. The smallest absolute Gasteiger partial charge is 0.120 e. The number of nitrogens with one attached hydrogen (secondary N) is 1. The maximum atomic E-state index is 5.76. The minimum absolute atomic E-state index is 0.